The van der Waals surface area contributed by atoms with E-state index in [1.807, 2.05) is 30.3 Å². The number of rotatable bonds is 5. The third kappa shape index (κ3) is 3.52. The maximum Gasteiger partial charge on any atom is 0.226 e. The minimum atomic E-state index is -0.135. The summed E-state index contributed by atoms with van der Waals surface area (Å²) in [6.45, 7) is 1.66. The summed E-state index contributed by atoms with van der Waals surface area (Å²) in [6, 6.07) is 9.93. The molecule has 2 aromatic rings. The first-order valence-electron chi connectivity index (χ1n) is 7.59. The van der Waals surface area contributed by atoms with Gasteiger partial charge < -0.3 is 14.4 Å². The molecule has 1 aromatic heterocycles. The second-order valence-electron chi connectivity index (χ2n) is 5.97. The summed E-state index contributed by atoms with van der Waals surface area (Å²) < 4.78 is 5.56. The molecule has 1 heterocycles. The number of oxazole rings is 1. The average Bonchev–Trinajstić information content (AvgIpc) is 3.10. The van der Waals surface area contributed by atoms with Gasteiger partial charge in [0.25, 0.3) is 0 Å². The minimum absolute atomic E-state index is 0.135. The van der Waals surface area contributed by atoms with Gasteiger partial charge in [-0.1, -0.05) is 24.6 Å². The number of aliphatic hydroxyl groups excluding tert-OH is 1. The molecule has 0 bridgehead atoms. The van der Waals surface area contributed by atoms with Crippen LogP contribution in [0.5, 0.6) is 0 Å². The van der Waals surface area contributed by atoms with Gasteiger partial charge in [-0.3, -0.25) is 0 Å². The Morgan fingerprint density at radius 1 is 1.29 bits per heavy atom. The predicted molar refractivity (Wildman–Crippen MR) is 81.6 cm³/mol. The quantitative estimate of drug-likeness (QED) is 0.918. The van der Waals surface area contributed by atoms with E-state index in [1.54, 1.807) is 6.26 Å². The number of aliphatic hydroxyl groups is 1. The fourth-order valence-electron chi connectivity index (χ4n) is 3.06. The molecule has 0 amide bonds. The molecule has 0 aliphatic heterocycles. The zero-order valence-corrected chi connectivity index (χ0v) is 12.4. The van der Waals surface area contributed by atoms with Crippen molar-refractivity contribution in [2.24, 2.45) is 5.92 Å². The van der Waals surface area contributed by atoms with E-state index in [0.29, 0.717) is 11.8 Å². The molecule has 4 heteroatoms. The number of hydrogen-bond donors (Lipinski definition) is 1. The van der Waals surface area contributed by atoms with Gasteiger partial charge >= 0.3 is 0 Å². The summed E-state index contributed by atoms with van der Waals surface area (Å²) in [5.41, 5.74) is 1.93. The lowest BCUT2D eigenvalue weighted by Crippen LogP contribution is -2.29. The number of hydrogen-bond acceptors (Lipinski definition) is 4. The molecule has 1 N–H and O–H groups in total. The lowest BCUT2D eigenvalue weighted by atomic mass is 10.1. The van der Waals surface area contributed by atoms with Crippen LogP contribution in [0.25, 0.3) is 11.5 Å². The molecule has 1 saturated carbocycles. The molecule has 2 unspecified atom stereocenters. The third-order valence-electron chi connectivity index (χ3n) is 4.17. The Kier molecular flexibility index (Phi) is 4.36. The third-order valence-corrected chi connectivity index (χ3v) is 4.17. The van der Waals surface area contributed by atoms with Crippen LogP contribution in [0.1, 0.15) is 25.0 Å². The van der Waals surface area contributed by atoms with Gasteiger partial charge in [-0.2, -0.15) is 0 Å². The fraction of sp³-hybridized carbons (Fsp3) is 0.471. The molecular weight excluding hydrogens is 264 g/mol. The van der Waals surface area contributed by atoms with Crippen molar-refractivity contribution < 1.29 is 9.52 Å². The van der Waals surface area contributed by atoms with Crippen molar-refractivity contribution in [2.75, 3.05) is 13.6 Å². The highest BCUT2D eigenvalue weighted by atomic mass is 16.3. The van der Waals surface area contributed by atoms with Crippen LogP contribution in [-0.4, -0.2) is 34.7 Å². The summed E-state index contributed by atoms with van der Waals surface area (Å²) in [5, 5.41) is 9.90. The zero-order chi connectivity index (χ0) is 14.7. The van der Waals surface area contributed by atoms with Crippen LogP contribution < -0.4 is 0 Å². The van der Waals surface area contributed by atoms with Crippen LogP contribution in [0.15, 0.2) is 41.0 Å². The van der Waals surface area contributed by atoms with E-state index in [0.717, 1.165) is 43.6 Å². The van der Waals surface area contributed by atoms with Crippen molar-refractivity contribution in [1.82, 2.24) is 9.88 Å². The van der Waals surface area contributed by atoms with E-state index in [1.165, 1.54) is 0 Å². The van der Waals surface area contributed by atoms with Gasteiger partial charge in [0.15, 0.2) is 0 Å². The molecule has 4 nitrogen and oxygen atoms in total. The summed E-state index contributed by atoms with van der Waals surface area (Å²) >= 11 is 0. The Morgan fingerprint density at radius 3 is 2.81 bits per heavy atom. The first-order chi connectivity index (χ1) is 10.2. The van der Waals surface area contributed by atoms with Crippen LogP contribution >= 0.6 is 0 Å². The normalized spacial score (nSPS) is 22.0. The van der Waals surface area contributed by atoms with E-state index in [9.17, 15) is 5.11 Å². The van der Waals surface area contributed by atoms with Crippen LogP contribution in [0.3, 0.4) is 0 Å². The second-order valence-corrected chi connectivity index (χ2v) is 5.97. The standard InChI is InChI=1S/C17H22N2O2/c1-19(10-14-8-5-9-16(14)20)11-15-12-21-17(18-15)13-6-3-2-4-7-13/h2-4,6-7,12,14,16,20H,5,8-11H2,1H3. The van der Waals surface area contributed by atoms with E-state index >= 15 is 0 Å². The lowest BCUT2D eigenvalue weighted by Gasteiger charge is -2.22. The smallest absolute Gasteiger partial charge is 0.226 e. The molecule has 3 rings (SSSR count). The molecule has 0 saturated heterocycles. The maximum absolute atomic E-state index is 9.90. The molecule has 1 aromatic carbocycles. The Morgan fingerprint density at radius 2 is 2.10 bits per heavy atom. The Labute approximate surface area is 125 Å². The van der Waals surface area contributed by atoms with Gasteiger partial charge in [0.1, 0.15) is 6.26 Å². The molecular formula is C17H22N2O2. The second kappa shape index (κ2) is 6.41. The zero-order valence-electron chi connectivity index (χ0n) is 12.4. The first-order valence-corrected chi connectivity index (χ1v) is 7.59. The summed E-state index contributed by atoms with van der Waals surface area (Å²) in [7, 11) is 2.07. The van der Waals surface area contributed by atoms with Crippen molar-refractivity contribution in [3.63, 3.8) is 0 Å². The van der Waals surface area contributed by atoms with Crippen LogP contribution in [-0.2, 0) is 6.54 Å². The highest BCUT2D eigenvalue weighted by Crippen LogP contribution is 2.26. The molecule has 112 valence electrons. The minimum Gasteiger partial charge on any atom is -0.444 e. The summed E-state index contributed by atoms with van der Waals surface area (Å²) in [6.07, 6.45) is 4.80. The van der Waals surface area contributed by atoms with Crippen LogP contribution in [0.4, 0.5) is 0 Å². The monoisotopic (exact) mass is 286 g/mol. The Balaban J connectivity index is 1.59. The highest BCUT2D eigenvalue weighted by Gasteiger charge is 2.26. The lowest BCUT2D eigenvalue weighted by molar-refractivity contribution is 0.107. The van der Waals surface area contributed by atoms with Crippen molar-refractivity contribution >= 4 is 0 Å². The summed E-state index contributed by atoms with van der Waals surface area (Å²) in [5.74, 6) is 1.07. The van der Waals surface area contributed by atoms with Crippen LogP contribution in [0.2, 0.25) is 0 Å². The van der Waals surface area contributed by atoms with Crippen molar-refractivity contribution in [3.8, 4) is 11.5 Å². The van der Waals surface area contributed by atoms with Gasteiger partial charge in [0.05, 0.1) is 11.8 Å². The number of benzene rings is 1. The molecule has 1 aliphatic carbocycles. The van der Waals surface area contributed by atoms with Gasteiger partial charge in [-0.05, 0) is 37.9 Å². The molecule has 1 fully saturated rings. The Bertz CT molecular complexity index is 567. The van der Waals surface area contributed by atoms with Crippen molar-refractivity contribution in [2.45, 2.75) is 31.9 Å². The molecule has 21 heavy (non-hydrogen) atoms. The predicted octanol–water partition coefficient (Wildman–Crippen LogP) is 2.93. The largest absolute Gasteiger partial charge is 0.444 e. The van der Waals surface area contributed by atoms with Gasteiger partial charge in [0, 0.05) is 18.7 Å². The number of nitrogens with zero attached hydrogens (tertiary/aromatic N) is 2. The molecule has 0 spiro atoms. The number of aromatic nitrogens is 1. The molecule has 2 atom stereocenters. The highest BCUT2D eigenvalue weighted by molar-refractivity contribution is 5.52. The van der Waals surface area contributed by atoms with E-state index in [-0.39, 0.29) is 6.10 Å². The Hall–Kier alpha value is -1.65. The van der Waals surface area contributed by atoms with Gasteiger partial charge in [0.2, 0.25) is 5.89 Å². The van der Waals surface area contributed by atoms with Crippen molar-refractivity contribution in [1.29, 1.82) is 0 Å². The van der Waals surface area contributed by atoms with E-state index in [2.05, 4.69) is 16.9 Å². The van der Waals surface area contributed by atoms with Crippen LogP contribution in [0, 0.1) is 5.92 Å². The topological polar surface area (TPSA) is 49.5 Å². The van der Waals surface area contributed by atoms with E-state index in [4.69, 9.17) is 4.42 Å². The average molecular weight is 286 g/mol. The maximum atomic E-state index is 9.90. The van der Waals surface area contributed by atoms with Crippen molar-refractivity contribution in [3.05, 3.63) is 42.3 Å². The van der Waals surface area contributed by atoms with Gasteiger partial charge in [-0.15, -0.1) is 0 Å². The molecule has 1 aliphatic rings. The SMILES string of the molecule is CN(Cc1coc(-c2ccccc2)n1)CC1CCCC1O. The molecule has 0 radical (unpaired) electrons. The summed E-state index contributed by atoms with van der Waals surface area (Å²) in [4.78, 5) is 6.76. The van der Waals surface area contributed by atoms with E-state index < -0.39 is 0 Å². The van der Waals surface area contributed by atoms with Gasteiger partial charge in [-0.25, -0.2) is 4.98 Å². The first kappa shape index (κ1) is 14.3. The fourth-order valence-corrected chi connectivity index (χ4v) is 3.06.